The number of benzene rings is 1. The molecule has 0 fully saturated rings. The zero-order chi connectivity index (χ0) is 14.3. The molecule has 0 bridgehead atoms. The van der Waals surface area contributed by atoms with E-state index in [0.717, 1.165) is 18.9 Å². The Morgan fingerprint density at radius 1 is 1.16 bits per heavy atom. The van der Waals surface area contributed by atoms with E-state index < -0.39 is 0 Å². The molecule has 1 unspecified atom stereocenters. The first-order chi connectivity index (χ1) is 8.93. The average Bonchev–Trinajstić information content (AvgIpc) is 2.34. The van der Waals surface area contributed by atoms with E-state index in [1.165, 1.54) is 18.4 Å². The maximum absolute atomic E-state index is 5.74. The van der Waals surface area contributed by atoms with E-state index in [1.807, 2.05) is 0 Å². The molecule has 1 rings (SSSR count). The molecule has 0 saturated heterocycles. The van der Waals surface area contributed by atoms with Gasteiger partial charge in [-0.3, -0.25) is 0 Å². The molecule has 1 atom stereocenters. The number of rotatable bonds is 7. The van der Waals surface area contributed by atoms with Crippen molar-refractivity contribution < 1.29 is 4.74 Å². The van der Waals surface area contributed by atoms with Crippen LogP contribution in [0.15, 0.2) is 24.3 Å². The minimum atomic E-state index is 0.204. The van der Waals surface area contributed by atoms with Crippen LogP contribution in [0.25, 0.3) is 0 Å². The molecule has 0 aliphatic carbocycles. The SMILES string of the molecule is CCCC(C)NCCOc1ccc(C(C)(C)C)cc1. The second-order valence-corrected chi connectivity index (χ2v) is 6.27. The lowest BCUT2D eigenvalue weighted by Gasteiger charge is -2.19. The van der Waals surface area contributed by atoms with Crippen molar-refractivity contribution in [1.82, 2.24) is 5.32 Å². The summed E-state index contributed by atoms with van der Waals surface area (Å²) in [6.45, 7) is 12.7. The normalized spacial score (nSPS) is 13.3. The van der Waals surface area contributed by atoms with Crippen molar-refractivity contribution in [2.75, 3.05) is 13.2 Å². The fraction of sp³-hybridized carbons (Fsp3) is 0.647. The van der Waals surface area contributed by atoms with Gasteiger partial charge in [0.15, 0.2) is 0 Å². The van der Waals surface area contributed by atoms with Gasteiger partial charge in [0.25, 0.3) is 0 Å². The van der Waals surface area contributed by atoms with E-state index in [4.69, 9.17) is 4.74 Å². The minimum Gasteiger partial charge on any atom is -0.492 e. The second-order valence-electron chi connectivity index (χ2n) is 6.27. The summed E-state index contributed by atoms with van der Waals surface area (Å²) in [6.07, 6.45) is 2.45. The molecule has 0 aliphatic heterocycles. The maximum Gasteiger partial charge on any atom is 0.119 e. The lowest BCUT2D eigenvalue weighted by atomic mass is 9.87. The molecule has 2 heteroatoms. The average molecular weight is 263 g/mol. The number of hydrogen-bond donors (Lipinski definition) is 1. The van der Waals surface area contributed by atoms with Crippen LogP contribution in [0.3, 0.4) is 0 Å². The monoisotopic (exact) mass is 263 g/mol. The van der Waals surface area contributed by atoms with Crippen LogP contribution >= 0.6 is 0 Å². The van der Waals surface area contributed by atoms with Gasteiger partial charge >= 0.3 is 0 Å². The molecule has 0 saturated carbocycles. The van der Waals surface area contributed by atoms with Gasteiger partial charge in [-0.25, -0.2) is 0 Å². The van der Waals surface area contributed by atoms with E-state index in [0.29, 0.717) is 6.04 Å². The molecule has 1 aromatic rings. The predicted octanol–water partition coefficient (Wildman–Crippen LogP) is 4.14. The van der Waals surface area contributed by atoms with Gasteiger partial charge in [-0.15, -0.1) is 0 Å². The van der Waals surface area contributed by atoms with Crippen molar-refractivity contribution in [2.45, 2.75) is 58.9 Å². The highest BCUT2D eigenvalue weighted by atomic mass is 16.5. The number of nitrogens with one attached hydrogen (secondary N) is 1. The Balaban J connectivity index is 2.31. The third-order valence-corrected chi connectivity index (χ3v) is 3.31. The molecule has 1 aromatic carbocycles. The largest absolute Gasteiger partial charge is 0.492 e. The third kappa shape index (κ3) is 6.11. The van der Waals surface area contributed by atoms with Gasteiger partial charge in [0.05, 0.1) is 0 Å². The zero-order valence-corrected chi connectivity index (χ0v) is 13.1. The van der Waals surface area contributed by atoms with E-state index in [2.05, 4.69) is 64.2 Å². The fourth-order valence-electron chi connectivity index (χ4n) is 2.06. The lowest BCUT2D eigenvalue weighted by Crippen LogP contribution is -2.29. The highest BCUT2D eigenvalue weighted by Gasteiger charge is 2.12. The molecular weight excluding hydrogens is 234 g/mol. The summed E-state index contributed by atoms with van der Waals surface area (Å²) in [5, 5.41) is 3.46. The van der Waals surface area contributed by atoms with Crippen LogP contribution < -0.4 is 10.1 Å². The molecule has 0 radical (unpaired) electrons. The van der Waals surface area contributed by atoms with Crippen LogP contribution in [0.1, 0.15) is 53.0 Å². The van der Waals surface area contributed by atoms with Crippen molar-refractivity contribution >= 4 is 0 Å². The molecule has 0 heterocycles. The molecule has 0 aliphatic rings. The minimum absolute atomic E-state index is 0.204. The molecule has 2 nitrogen and oxygen atoms in total. The van der Waals surface area contributed by atoms with Crippen LogP contribution in [0.2, 0.25) is 0 Å². The van der Waals surface area contributed by atoms with Crippen LogP contribution in [0.4, 0.5) is 0 Å². The van der Waals surface area contributed by atoms with Gasteiger partial charge < -0.3 is 10.1 Å². The molecule has 0 amide bonds. The zero-order valence-electron chi connectivity index (χ0n) is 13.1. The first kappa shape index (κ1) is 16.0. The van der Waals surface area contributed by atoms with Crippen LogP contribution in [0.5, 0.6) is 5.75 Å². The van der Waals surface area contributed by atoms with Crippen molar-refractivity contribution in [3.8, 4) is 5.75 Å². The summed E-state index contributed by atoms with van der Waals surface area (Å²) in [7, 11) is 0. The molecule has 19 heavy (non-hydrogen) atoms. The summed E-state index contributed by atoms with van der Waals surface area (Å²) in [4.78, 5) is 0. The maximum atomic E-state index is 5.74. The van der Waals surface area contributed by atoms with Crippen molar-refractivity contribution in [1.29, 1.82) is 0 Å². The van der Waals surface area contributed by atoms with Gasteiger partial charge in [0, 0.05) is 12.6 Å². The predicted molar refractivity (Wildman–Crippen MR) is 83.0 cm³/mol. The van der Waals surface area contributed by atoms with E-state index in [-0.39, 0.29) is 5.41 Å². The molecule has 0 aromatic heterocycles. The molecular formula is C17H29NO. The standard InChI is InChI=1S/C17H29NO/c1-6-7-14(2)18-12-13-19-16-10-8-15(9-11-16)17(3,4)5/h8-11,14,18H,6-7,12-13H2,1-5H3. The van der Waals surface area contributed by atoms with Crippen LogP contribution in [0, 0.1) is 0 Å². The summed E-state index contributed by atoms with van der Waals surface area (Å²) >= 11 is 0. The van der Waals surface area contributed by atoms with Gasteiger partial charge in [-0.05, 0) is 36.5 Å². The summed E-state index contributed by atoms with van der Waals surface area (Å²) in [5.41, 5.74) is 1.55. The van der Waals surface area contributed by atoms with Crippen molar-refractivity contribution in [2.24, 2.45) is 0 Å². The highest BCUT2D eigenvalue weighted by molar-refractivity contribution is 5.31. The smallest absolute Gasteiger partial charge is 0.119 e. The van der Waals surface area contributed by atoms with Crippen LogP contribution in [-0.4, -0.2) is 19.2 Å². The van der Waals surface area contributed by atoms with Gasteiger partial charge in [0.1, 0.15) is 12.4 Å². The lowest BCUT2D eigenvalue weighted by molar-refractivity contribution is 0.304. The Labute approximate surface area is 118 Å². The summed E-state index contributed by atoms with van der Waals surface area (Å²) in [6, 6.07) is 9.02. The van der Waals surface area contributed by atoms with E-state index in [9.17, 15) is 0 Å². The molecule has 108 valence electrons. The Morgan fingerprint density at radius 2 is 1.79 bits per heavy atom. The Hall–Kier alpha value is -1.02. The highest BCUT2D eigenvalue weighted by Crippen LogP contribution is 2.24. The first-order valence-electron chi connectivity index (χ1n) is 7.40. The third-order valence-electron chi connectivity index (χ3n) is 3.31. The second kappa shape index (κ2) is 7.54. The quantitative estimate of drug-likeness (QED) is 0.746. The summed E-state index contributed by atoms with van der Waals surface area (Å²) in [5.74, 6) is 0.956. The van der Waals surface area contributed by atoms with Gasteiger partial charge in [0.2, 0.25) is 0 Å². The first-order valence-corrected chi connectivity index (χ1v) is 7.40. The number of hydrogen-bond acceptors (Lipinski definition) is 2. The molecule has 0 spiro atoms. The van der Waals surface area contributed by atoms with Crippen molar-refractivity contribution in [3.05, 3.63) is 29.8 Å². The molecule has 1 N–H and O–H groups in total. The summed E-state index contributed by atoms with van der Waals surface area (Å²) < 4.78 is 5.74. The Bertz CT molecular complexity index is 351. The van der Waals surface area contributed by atoms with Gasteiger partial charge in [-0.1, -0.05) is 46.2 Å². The topological polar surface area (TPSA) is 21.3 Å². The van der Waals surface area contributed by atoms with Gasteiger partial charge in [-0.2, -0.15) is 0 Å². The Kier molecular flexibility index (Phi) is 6.36. The van der Waals surface area contributed by atoms with Crippen molar-refractivity contribution in [3.63, 3.8) is 0 Å². The van der Waals surface area contributed by atoms with E-state index in [1.54, 1.807) is 0 Å². The fourth-order valence-corrected chi connectivity index (χ4v) is 2.06. The van der Waals surface area contributed by atoms with E-state index >= 15 is 0 Å². The van der Waals surface area contributed by atoms with Crippen LogP contribution in [-0.2, 0) is 5.41 Å². The number of ether oxygens (including phenoxy) is 1. The Morgan fingerprint density at radius 3 is 2.32 bits per heavy atom.